The van der Waals surface area contributed by atoms with Gasteiger partial charge in [0.05, 0.1) is 5.56 Å². The predicted molar refractivity (Wildman–Crippen MR) is 61.9 cm³/mol. The van der Waals surface area contributed by atoms with Crippen molar-refractivity contribution in [2.24, 2.45) is 0 Å². The van der Waals surface area contributed by atoms with Crippen molar-refractivity contribution in [3.05, 3.63) is 28.3 Å². The molecule has 0 saturated carbocycles. The molecule has 0 aliphatic heterocycles. The zero-order chi connectivity index (χ0) is 12.5. The monoisotopic (exact) mass is 221 g/mol. The third kappa shape index (κ3) is 2.21. The third-order valence-electron chi connectivity index (χ3n) is 2.63. The maximum Gasteiger partial charge on any atom is 0.335 e. The van der Waals surface area contributed by atoms with Gasteiger partial charge < -0.3 is 10.4 Å². The van der Waals surface area contributed by atoms with Crippen molar-refractivity contribution in [2.75, 3.05) is 5.32 Å². The lowest BCUT2D eigenvalue weighted by Crippen LogP contribution is -2.11. The number of carbonyl (C=O) groups is 2. The fourth-order valence-corrected chi connectivity index (χ4v) is 1.67. The number of aromatic carboxylic acids is 1. The number of hydrogen-bond acceptors (Lipinski definition) is 2. The summed E-state index contributed by atoms with van der Waals surface area (Å²) in [5.41, 5.74) is 3.23. The van der Waals surface area contributed by atoms with Crippen LogP contribution in [-0.2, 0) is 4.79 Å². The Labute approximate surface area is 94.3 Å². The normalized spacial score (nSPS) is 10.0. The van der Waals surface area contributed by atoms with E-state index in [2.05, 4.69) is 5.32 Å². The molecule has 1 amide bonds. The van der Waals surface area contributed by atoms with Gasteiger partial charge in [0.2, 0.25) is 5.91 Å². The van der Waals surface area contributed by atoms with E-state index in [1.54, 1.807) is 26.8 Å². The quantitative estimate of drug-likeness (QED) is 0.805. The van der Waals surface area contributed by atoms with Crippen LogP contribution in [0, 0.1) is 20.8 Å². The van der Waals surface area contributed by atoms with Gasteiger partial charge in [-0.25, -0.2) is 4.79 Å². The van der Waals surface area contributed by atoms with E-state index < -0.39 is 5.97 Å². The highest BCUT2D eigenvalue weighted by atomic mass is 16.4. The molecule has 86 valence electrons. The number of carboxylic acids is 1. The maximum absolute atomic E-state index is 11.0. The molecular formula is C12H15NO3. The molecule has 0 unspecified atom stereocenters. The minimum absolute atomic E-state index is 0.159. The molecule has 1 rings (SSSR count). The molecule has 0 radical (unpaired) electrons. The average molecular weight is 221 g/mol. The van der Waals surface area contributed by atoms with Crippen molar-refractivity contribution in [1.82, 2.24) is 0 Å². The minimum atomic E-state index is -0.946. The zero-order valence-electron chi connectivity index (χ0n) is 9.84. The van der Waals surface area contributed by atoms with Crippen LogP contribution in [0.1, 0.15) is 34.0 Å². The molecule has 1 aromatic carbocycles. The highest BCUT2D eigenvalue weighted by molar-refractivity contribution is 5.95. The van der Waals surface area contributed by atoms with Crippen LogP contribution in [0.2, 0.25) is 0 Å². The average Bonchev–Trinajstić information content (AvgIpc) is 2.17. The first-order valence-corrected chi connectivity index (χ1v) is 4.96. The first kappa shape index (κ1) is 12.2. The molecule has 4 heteroatoms. The SMILES string of the molecule is CC(=O)Nc1c(C)cc(C(=O)O)c(C)c1C. The van der Waals surface area contributed by atoms with Gasteiger partial charge in [-0.1, -0.05) is 0 Å². The Morgan fingerprint density at radius 1 is 1.19 bits per heavy atom. The number of amides is 1. The van der Waals surface area contributed by atoms with Gasteiger partial charge >= 0.3 is 5.97 Å². The summed E-state index contributed by atoms with van der Waals surface area (Å²) < 4.78 is 0. The summed E-state index contributed by atoms with van der Waals surface area (Å²) in [6, 6.07) is 1.58. The molecule has 0 heterocycles. The van der Waals surface area contributed by atoms with E-state index in [0.29, 0.717) is 11.3 Å². The number of aryl methyl sites for hydroxylation is 1. The molecular weight excluding hydrogens is 206 g/mol. The molecule has 0 aromatic heterocycles. The summed E-state index contributed by atoms with van der Waals surface area (Å²) >= 11 is 0. The summed E-state index contributed by atoms with van der Waals surface area (Å²) in [7, 11) is 0. The largest absolute Gasteiger partial charge is 0.478 e. The predicted octanol–water partition coefficient (Wildman–Crippen LogP) is 2.27. The molecule has 0 spiro atoms. The molecule has 0 atom stereocenters. The molecule has 2 N–H and O–H groups in total. The molecule has 0 aliphatic rings. The molecule has 0 fully saturated rings. The van der Waals surface area contributed by atoms with Gasteiger partial charge in [-0.2, -0.15) is 0 Å². The van der Waals surface area contributed by atoms with E-state index in [1.165, 1.54) is 6.92 Å². The Hall–Kier alpha value is -1.84. The van der Waals surface area contributed by atoms with Crippen LogP contribution in [0.25, 0.3) is 0 Å². The zero-order valence-corrected chi connectivity index (χ0v) is 9.84. The highest BCUT2D eigenvalue weighted by Gasteiger charge is 2.14. The van der Waals surface area contributed by atoms with Crippen LogP contribution >= 0.6 is 0 Å². The summed E-state index contributed by atoms with van der Waals surface area (Å²) in [6.45, 7) is 6.76. The summed E-state index contributed by atoms with van der Waals surface area (Å²) in [6.07, 6.45) is 0. The number of hydrogen-bond donors (Lipinski definition) is 2. The van der Waals surface area contributed by atoms with Crippen LogP contribution in [0.3, 0.4) is 0 Å². The van der Waals surface area contributed by atoms with Crippen LogP contribution in [0.15, 0.2) is 6.07 Å². The van der Waals surface area contributed by atoms with Crippen LogP contribution in [0.4, 0.5) is 5.69 Å². The molecule has 0 saturated heterocycles. The van der Waals surface area contributed by atoms with Gasteiger partial charge in [0, 0.05) is 12.6 Å². The number of carbonyl (C=O) groups excluding carboxylic acids is 1. The highest BCUT2D eigenvalue weighted by Crippen LogP contribution is 2.26. The molecule has 0 bridgehead atoms. The van der Waals surface area contributed by atoms with Crippen molar-refractivity contribution in [1.29, 1.82) is 0 Å². The van der Waals surface area contributed by atoms with E-state index in [-0.39, 0.29) is 11.5 Å². The van der Waals surface area contributed by atoms with E-state index in [9.17, 15) is 9.59 Å². The van der Waals surface area contributed by atoms with E-state index in [0.717, 1.165) is 11.1 Å². The van der Waals surface area contributed by atoms with Crippen molar-refractivity contribution >= 4 is 17.6 Å². The van der Waals surface area contributed by atoms with E-state index in [1.807, 2.05) is 0 Å². The topological polar surface area (TPSA) is 66.4 Å². The Morgan fingerprint density at radius 2 is 1.75 bits per heavy atom. The third-order valence-corrected chi connectivity index (χ3v) is 2.63. The van der Waals surface area contributed by atoms with E-state index >= 15 is 0 Å². The van der Waals surface area contributed by atoms with E-state index in [4.69, 9.17) is 5.11 Å². The smallest absolute Gasteiger partial charge is 0.335 e. The Kier molecular flexibility index (Phi) is 3.32. The molecule has 1 aromatic rings. The minimum Gasteiger partial charge on any atom is -0.478 e. The van der Waals surface area contributed by atoms with Gasteiger partial charge in [-0.15, -0.1) is 0 Å². The summed E-state index contributed by atoms with van der Waals surface area (Å²) in [5, 5.41) is 11.7. The second-order valence-corrected chi connectivity index (χ2v) is 3.85. The van der Waals surface area contributed by atoms with Crippen molar-refractivity contribution in [3.63, 3.8) is 0 Å². The molecule has 4 nitrogen and oxygen atoms in total. The lowest BCUT2D eigenvalue weighted by atomic mass is 9.97. The number of anilines is 1. The first-order valence-electron chi connectivity index (χ1n) is 4.96. The number of carboxylic acid groups (broad SMARTS) is 1. The van der Waals surface area contributed by atoms with Gasteiger partial charge in [-0.05, 0) is 43.5 Å². The van der Waals surface area contributed by atoms with Crippen LogP contribution in [-0.4, -0.2) is 17.0 Å². The maximum atomic E-state index is 11.0. The fraction of sp³-hybridized carbons (Fsp3) is 0.333. The van der Waals surface area contributed by atoms with Crippen LogP contribution < -0.4 is 5.32 Å². The van der Waals surface area contributed by atoms with Crippen molar-refractivity contribution < 1.29 is 14.7 Å². The van der Waals surface area contributed by atoms with Gasteiger partial charge in [0.1, 0.15) is 0 Å². The number of benzene rings is 1. The lowest BCUT2D eigenvalue weighted by Gasteiger charge is -2.14. The lowest BCUT2D eigenvalue weighted by molar-refractivity contribution is -0.114. The first-order chi connectivity index (χ1) is 7.34. The van der Waals surface area contributed by atoms with Crippen molar-refractivity contribution in [3.8, 4) is 0 Å². The summed E-state index contributed by atoms with van der Waals surface area (Å²) in [5.74, 6) is -1.10. The second-order valence-electron chi connectivity index (χ2n) is 3.85. The molecule has 16 heavy (non-hydrogen) atoms. The van der Waals surface area contributed by atoms with Crippen LogP contribution in [0.5, 0.6) is 0 Å². The fourth-order valence-electron chi connectivity index (χ4n) is 1.67. The van der Waals surface area contributed by atoms with Crippen molar-refractivity contribution in [2.45, 2.75) is 27.7 Å². The van der Waals surface area contributed by atoms with Gasteiger partial charge in [0.15, 0.2) is 0 Å². The second kappa shape index (κ2) is 4.35. The molecule has 0 aliphatic carbocycles. The Balaban J connectivity index is 3.39. The number of rotatable bonds is 2. The Morgan fingerprint density at radius 3 is 2.19 bits per heavy atom. The van der Waals surface area contributed by atoms with Gasteiger partial charge in [0.25, 0.3) is 0 Å². The standard InChI is InChI=1S/C12H15NO3/c1-6-5-10(12(15)16)7(2)8(3)11(6)13-9(4)14/h5H,1-4H3,(H,13,14)(H,15,16). The number of nitrogens with one attached hydrogen (secondary N) is 1. The van der Waals surface area contributed by atoms with Gasteiger partial charge in [-0.3, -0.25) is 4.79 Å². The Bertz CT molecular complexity index is 464. The summed E-state index contributed by atoms with van der Waals surface area (Å²) in [4.78, 5) is 22.0.